The lowest BCUT2D eigenvalue weighted by atomic mass is 9.94. The molecule has 0 aliphatic rings. The minimum atomic E-state index is -1.10. The van der Waals surface area contributed by atoms with Gasteiger partial charge in [-0.05, 0) is 70.6 Å². The van der Waals surface area contributed by atoms with E-state index in [-0.39, 0.29) is 32.0 Å². The molecule has 10 heteroatoms. The molecule has 0 saturated heterocycles. The maximum atomic E-state index is 13.9. The van der Waals surface area contributed by atoms with Crippen LogP contribution in [0.4, 0.5) is 4.79 Å². The summed E-state index contributed by atoms with van der Waals surface area (Å²) >= 11 is 0. The number of alkyl carbamates (subject to hydrolysis) is 1. The lowest BCUT2D eigenvalue weighted by molar-refractivity contribution is -0.144. The third-order valence-electron chi connectivity index (χ3n) is 5.75. The van der Waals surface area contributed by atoms with Gasteiger partial charge in [0.1, 0.15) is 17.7 Å². The summed E-state index contributed by atoms with van der Waals surface area (Å²) in [5.74, 6) is -1.44. The molecule has 0 fully saturated rings. The van der Waals surface area contributed by atoms with Gasteiger partial charge >= 0.3 is 12.1 Å². The fraction of sp³-hybridized carbons (Fsp3) is 0.643. The number of benzene rings is 1. The van der Waals surface area contributed by atoms with Gasteiger partial charge in [-0.15, -0.1) is 0 Å². The molecule has 38 heavy (non-hydrogen) atoms. The molecule has 1 aromatic carbocycles. The molecular formula is C28H45N3O7. The molecule has 0 aromatic heterocycles. The molecule has 10 nitrogen and oxygen atoms in total. The van der Waals surface area contributed by atoms with Crippen LogP contribution in [0.5, 0.6) is 0 Å². The molecule has 0 bridgehead atoms. The zero-order valence-electron chi connectivity index (χ0n) is 24.1. The summed E-state index contributed by atoms with van der Waals surface area (Å²) in [5, 5.41) is 15.3. The molecule has 0 saturated carbocycles. The molecule has 0 radical (unpaired) electrons. The molecule has 0 spiro atoms. The first-order valence-corrected chi connectivity index (χ1v) is 13.1. The van der Waals surface area contributed by atoms with Crippen molar-refractivity contribution >= 4 is 23.9 Å². The van der Waals surface area contributed by atoms with Crippen LogP contribution >= 0.6 is 0 Å². The quantitative estimate of drug-likeness (QED) is 0.330. The Hall–Kier alpha value is -3.14. The Labute approximate surface area is 226 Å². The largest absolute Gasteiger partial charge is 0.466 e. The zero-order chi connectivity index (χ0) is 29.0. The van der Waals surface area contributed by atoms with Gasteiger partial charge in [0.05, 0.1) is 19.6 Å². The molecule has 3 amide bonds. The number of ether oxygens (including phenoxy) is 2. The van der Waals surface area contributed by atoms with Gasteiger partial charge in [0.15, 0.2) is 0 Å². The Morgan fingerprint density at radius 1 is 1.11 bits per heavy atom. The first-order valence-electron chi connectivity index (χ1n) is 13.1. The molecule has 0 aliphatic heterocycles. The molecular weight excluding hydrogens is 490 g/mol. The second-order valence-electron chi connectivity index (χ2n) is 10.6. The highest BCUT2D eigenvalue weighted by molar-refractivity contribution is 5.92. The van der Waals surface area contributed by atoms with E-state index in [2.05, 4.69) is 10.6 Å². The third-order valence-corrected chi connectivity index (χ3v) is 5.75. The number of amides is 3. The Morgan fingerprint density at radius 3 is 2.32 bits per heavy atom. The zero-order valence-corrected chi connectivity index (χ0v) is 24.1. The normalized spacial score (nSPS) is 12.9. The van der Waals surface area contributed by atoms with Gasteiger partial charge in [-0.3, -0.25) is 14.4 Å². The number of carbonyl (C=O) groups is 4. The summed E-state index contributed by atoms with van der Waals surface area (Å²) < 4.78 is 10.3. The van der Waals surface area contributed by atoms with Crippen LogP contribution in [-0.2, 0) is 23.9 Å². The molecule has 0 heterocycles. The SMILES string of the molecule is CCOC(=O)CCNC(=O)C(c1cccc(C)c1C)N(CCO)C(=O)C(CC(C)C)NC(=O)OC(C)(C)C. The van der Waals surface area contributed by atoms with Crippen LogP contribution in [0.3, 0.4) is 0 Å². The number of aliphatic hydroxyl groups is 1. The van der Waals surface area contributed by atoms with Gasteiger partial charge in [-0.1, -0.05) is 32.0 Å². The fourth-order valence-corrected chi connectivity index (χ4v) is 3.96. The minimum absolute atomic E-state index is 0.0196. The number of hydrogen-bond donors (Lipinski definition) is 3. The van der Waals surface area contributed by atoms with Crippen molar-refractivity contribution in [2.24, 2.45) is 5.92 Å². The van der Waals surface area contributed by atoms with Gasteiger partial charge in [-0.2, -0.15) is 0 Å². The molecule has 1 aromatic rings. The maximum absolute atomic E-state index is 13.9. The Balaban J connectivity index is 3.43. The van der Waals surface area contributed by atoms with E-state index < -0.39 is 48.2 Å². The van der Waals surface area contributed by atoms with E-state index in [9.17, 15) is 24.3 Å². The van der Waals surface area contributed by atoms with E-state index in [1.807, 2.05) is 33.8 Å². The monoisotopic (exact) mass is 535 g/mol. The molecule has 214 valence electrons. The van der Waals surface area contributed by atoms with Crippen LogP contribution in [0.2, 0.25) is 0 Å². The van der Waals surface area contributed by atoms with Crippen LogP contribution < -0.4 is 10.6 Å². The number of rotatable bonds is 13. The van der Waals surface area contributed by atoms with Crippen molar-refractivity contribution in [3.05, 3.63) is 34.9 Å². The topological polar surface area (TPSA) is 134 Å². The highest BCUT2D eigenvalue weighted by atomic mass is 16.6. The minimum Gasteiger partial charge on any atom is -0.466 e. The highest BCUT2D eigenvalue weighted by Crippen LogP contribution is 2.28. The van der Waals surface area contributed by atoms with Gasteiger partial charge in [-0.25, -0.2) is 4.79 Å². The Kier molecular flexibility index (Phi) is 13.3. The van der Waals surface area contributed by atoms with Crippen LogP contribution in [0.25, 0.3) is 0 Å². The van der Waals surface area contributed by atoms with Gasteiger partial charge in [0.25, 0.3) is 0 Å². The smallest absolute Gasteiger partial charge is 0.408 e. The fourth-order valence-electron chi connectivity index (χ4n) is 3.96. The van der Waals surface area contributed by atoms with Crippen molar-refractivity contribution in [1.82, 2.24) is 15.5 Å². The first kappa shape index (κ1) is 32.9. The maximum Gasteiger partial charge on any atom is 0.408 e. The lowest BCUT2D eigenvalue weighted by Gasteiger charge is -2.35. The molecule has 0 aliphatic carbocycles. The first-order chi connectivity index (χ1) is 17.7. The summed E-state index contributed by atoms with van der Waals surface area (Å²) in [4.78, 5) is 53.2. The van der Waals surface area contributed by atoms with E-state index in [4.69, 9.17) is 9.47 Å². The average Bonchev–Trinajstić information content (AvgIpc) is 2.79. The summed E-state index contributed by atoms with van der Waals surface area (Å²) in [5.41, 5.74) is 1.56. The van der Waals surface area contributed by atoms with E-state index in [0.717, 1.165) is 11.1 Å². The van der Waals surface area contributed by atoms with E-state index in [1.54, 1.807) is 39.8 Å². The molecule has 3 N–H and O–H groups in total. The second kappa shape index (κ2) is 15.3. The molecule has 2 atom stereocenters. The predicted molar refractivity (Wildman–Crippen MR) is 144 cm³/mol. The van der Waals surface area contributed by atoms with Crippen molar-refractivity contribution in [2.75, 3.05) is 26.3 Å². The van der Waals surface area contributed by atoms with Crippen molar-refractivity contribution in [1.29, 1.82) is 0 Å². The number of esters is 1. The number of aliphatic hydroxyl groups excluding tert-OH is 1. The molecule has 2 unspecified atom stereocenters. The lowest BCUT2D eigenvalue weighted by Crippen LogP contribution is -2.54. The van der Waals surface area contributed by atoms with Crippen LogP contribution in [0, 0.1) is 19.8 Å². The van der Waals surface area contributed by atoms with Crippen molar-refractivity contribution in [3.63, 3.8) is 0 Å². The van der Waals surface area contributed by atoms with Gasteiger partial charge < -0.3 is 30.1 Å². The number of nitrogens with zero attached hydrogens (tertiary/aromatic N) is 1. The second-order valence-corrected chi connectivity index (χ2v) is 10.6. The Morgan fingerprint density at radius 2 is 1.76 bits per heavy atom. The van der Waals surface area contributed by atoms with Crippen molar-refractivity contribution < 1.29 is 33.8 Å². The number of aryl methyl sites for hydroxylation is 1. The van der Waals surface area contributed by atoms with Gasteiger partial charge in [0.2, 0.25) is 11.8 Å². The highest BCUT2D eigenvalue weighted by Gasteiger charge is 2.37. The number of hydrogen-bond acceptors (Lipinski definition) is 7. The summed E-state index contributed by atoms with van der Waals surface area (Å²) in [7, 11) is 0. The van der Waals surface area contributed by atoms with Gasteiger partial charge in [0, 0.05) is 13.1 Å². The summed E-state index contributed by atoms with van der Waals surface area (Å²) in [6.07, 6.45) is -0.477. The third kappa shape index (κ3) is 10.7. The van der Waals surface area contributed by atoms with E-state index in [1.165, 1.54) is 4.90 Å². The van der Waals surface area contributed by atoms with E-state index in [0.29, 0.717) is 12.0 Å². The summed E-state index contributed by atoms with van der Waals surface area (Å²) in [6.45, 7) is 14.2. The predicted octanol–water partition coefficient (Wildman–Crippen LogP) is 3.17. The number of nitrogens with one attached hydrogen (secondary N) is 2. The van der Waals surface area contributed by atoms with Crippen molar-refractivity contribution in [2.45, 2.75) is 85.9 Å². The van der Waals surface area contributed by atoms with Crippen molar-refractivity contribution in [3.8, 4) is 0 Å². The van der Waals surface area contributed by atoms with Crippen LogP contribution in [0.1, 0.15) is 77.1 Å². The van der Waals surface area contributed by atoms with E-state index >= 15 is 0 Å². The summed E-state index contributed by atoms with van der Waals surface area (Å²) in [6, 6.07) is 3.36. The molecule has 1 rings (SSSR count). The van der Waals surface area contributed by atoms with Crippen LogP contribution in [0.15, 0.2) is 18.2 Å². The number of carbonyl (C=O) groups excluding carboxylic acids is 4. The average molecular weight is 536 g/mol. The standard InChI is InChI=1S/C28H45N3O7/c1-9-37-23(33)13-14-29-25(34)24(21-12-10-11-19(4)20(21)5)31(15-16-32)26(35)22(17-18(2)3)30-27(36)38-28(6,7)8/h10-12,18,22,24,32H,9,13-17H2,1-8H3,(H,29,34)(H,30,36). The Bertz CT molecular complexity index is 956. The van der Waals surface area contributed by atoms with Crippen LogP contribution in [-0.4, -0.2) is 71.8 Å².